The number of nitrogens with one attached hydrogen (secondary N) is 2. The lowest BCUT2D eigenvalue weighted by molar-refractivity contribution is 0.102. The van der Waals surface area contributed by atoms with Crippen LogP contribution in [0.25, 0.3) is 0 Å². The average Bonchev–Trinajstić information content (AvgIpc) is 3.45. The summed E-state index contributed by atoms with van der Waals surface area (Å²) in [5.74, 6) is -0.765. The summed E-state index contributed by atoms with van der Waals surface area (Å²) in [5.41, 5.74) is 0.399. The number of benzene rings is 1. The lowest BCUT2D eigenvalue weighted by atomic mass is 9.93. The van der Waals surface area contributed by atoms with Gasteiger partial charge in [0.15, 0.2) is 0 Å². The largest absolute Gasteiger partial charge is 0.356 e. The van der Waals surface area contributed by atoms with Crippen molar-refractivity contribution in [3.05, 3.63) is 47.9 Å². The highest BCUT2D eigenvalue weighted by molar-refractivity contribution is 7.89. The van der Waals surface area contributed by atoms with E-state index in [-0.39, 0.29) is 10.5 Å². The number of aromatic nitrogens is 1. The molecular formula is C23H29FN4O3S. The summed E-state index contributed by atoms with van der Waals surface area (Å²) in [5, 5.41) is 2.74. The predicted octanol–water partition coefficient (Wildman–Crippen LogP) is 3.93. The van der Waals surface area contributed by atoms with Gasteiger partial charge in [0.05, 0.1) is 10.5 Å². The van der Waals surface area contributed by atoms with Gasteiger partial charge in [0.2, 0.25) is 16.0 Å². The molecule has 9 heteroatoms. The molecule has 32 heavy (non-hydrogen) atoms. The summed E-state index contributed by atoms with van der Waals surface area (Å²) in [6.07, 6.45) is 4.53. The van der Waals surface area contributed by atoms with Crippen molar-refractivity contribution in [3.63, 3.8) is 0 Å². The minimum atomic E-state index is -3.75. The van der Waals surface area contributed by atoms with Crippen LogP contribution in [-0.4, -0.2) is 37.9 Å². The molecule has 7 nitrogen and oxygen atoms in total. The number of hydrogen-bond donors (Lipinski definition) is 2. The van der Waals surface area contributed by atoms with E-state index < -0.39 is 27.4 Å². The molecule has 0 unspecified atom stereocenters. The van der Waals surface area contributed by atoms with Gasteiger partial charge in [-0.05, 0) is 82.2 Å². The number of rotatable bonds is 5. The number of halogens is 1. The van der Waals surface area contributed by atoms with E-state index in [0.29, 0.717) is 16.9 Å². The van der Waals surface area contributed by atoms with Crippen LogP contribution >= 0.6 is 0 Å². The Morgan fingerprint density at radius 3 is 2.41 bits per heavy atom. The van der Waals surface area contributed by atoms with E-state index in [1.165, 1.54) is 37.1 Å². The quantitative estimate of drug-likeness (QED) is 0.660. The highest BCUT2D eigenvalue weighted by Crippen LogP contribution is 2.53. The highest BCUT2D eigenvalue weighted by atomic mass is 32.2. The van der Waals surface area contributed by atoms with Crippen LogP contribution in [0.5, 0.6) is 0 Å². The van der Waals surface area contributed by atoms with Crippen LogP contribution in [0.3, 0.4) is 0 Å². The van der Waals surface area contributed by atoms with Crippen LogP contribution in [0.2, 0.25) is 0 Å². The highest BCUT2D eigenvalue weighted by Gasteiger charge is 2.44. The molecule has 0 radical (unpaired) electrons. The van der Waals surface area contributed by atoms with Crippen LogP contribution in [0, 0.1) is 11.4 Å². The lowest BCUT2D eigenvalue weighted by Gasteiger charge is -2.33. The molecule has 1 aliphatic carbocycles. The molecule has 1 saturated carbocycles. The molecular weight excluding hydrogens is 431 g/mol. The third-order valence-electron chi connectivity index (χ3n) is 6.01. The summed E-state index contributed by atoms with van der Waals surface area (Å²) in [7, 11) is -3.75. The van der Waals surface area contributed by atoms with Crippen LogP contribution in [0.15, 0.2) is 41.3 Å². The topological polar surface area (TPSA) is 91.4 Å². The Kier molecular flexibility index (Phi) is 5.75. The van der Waals surface area contributed by atoms with Crippen LogP contribution in [-0.2, 0) is 10.0 Å². The summed E-state index contributed by atoms with van der Waals surface area (Å²) < 4.78 is 41.8. The SMILES string of the molecule is CC(C)(C)NS(=O)(=O)c1cccc(NC(=O)c2ccc(F)nc2N2CCC3(CC2)CC3)c1. The first kappa shape index (κ1) is 22.7. The van der Waals surface area contributed by atoms with Crippen molar-refractivity contribution in [2.75, 3.05) is 23.3 Å². The Hall–Kier alpha value is -2.52. The zero-order valence-electron chi connectivity index (χ0n) is 18.6. The van der Waals surface area contributed by atoms with Crippen molar-refractivity contribution in [2.45, 2.75) is 56.9 Å². The van der Waals surface area contributed by atoms with Gasteiger partial charge in [-0.1, -0.05) is 6.07 Å². The Morgan fingerprint density at radius 2 is 1.78 bits per heavy atom. The van der Waals surface area contributed by atoms with E-state index in [9.17, 15) is 17.6 Å². The molecule has 0 bridgehead atoms. The maximum atomic E-state index is 13.9. The normalized spacial score (nSPS) is 17.9. The molecule has 2 aromatic rings. The molecule has 2 N–H and O–H groups in total. The fraction of sp³-hybridized carbons (Fsp3) is 0.478. The fourth-order valence-corrected chi connectivity index (χ4v) is 5.58. The second-order valence-corrected chi connectivity index (χ2v) is 11.5. The first-order valence-electron chi connectivity index (χ1n) is 10.8. The van der Waals surface area contributed by atoms with Gasteiger partial charge in [0, 0.05) is 24.3 Å². The van der Waals surface area contributed by atoms with Gasteiger partial charge in [0.1, 0.15) is 5.82 Å². The molecule has 2 heterocycles. The minimum absolute atomic E-state index is 0.0495. The van der Waals surface area contributed by atoms with Crippen LogP contribution in [0.1, 0.15) is 56.8 Å². The standard InChI is InChI=1S/C23H29FN4O3S/c1-22(2,3)27-32(30,31)17-6-4-5-16(15-17)25-21(29)18-7-8-19(24)26-20(18)28-13-11-23(9-10-23)12-14-28/h4-8,15,27H,9-14H2,1-3H3,(H,25,29). The Morgan fingerprint density at radius 1 is 1.09 bits per heavy atom. The molecule has 1 amide bonds. The predicted molar refractivity (Wildman–Crippen MR) is 122 cm³/mol. The number of anilines is 2. The van der Waals surface area contributed by atoms with Crippen molar-refractivity contribution in [1.29, 1.82) is 0 Å². The monoisotopic (exact) mass is 460 g/mol. The van der Waals surface area contributed by atoms with Gasteiger partial charge >= 0.3 is 0 Å². The lowest BCUT2D eigenvalue weighted by Crippen LogP contribution is -2.40. The van der Waals surface area contributed by atoms with Gasteiger partial charge in [-0.2, -0.15) is 4.39 Å². The summed E-state index contributed by atoms with van der Waals surface area (Å²) in [4.78, 5) is 19.1. The fourth-order valence-electron chi connectivity index (χ4n) is 4.11. The van der Waals surface area contributed by atoms with Crippen molar-refractivity contribution in [3.8, 4) is 0 Å². The van der Waals surface area contributed by atoms with Gasteiger partial charge in [-0.3, -0.25) is 4.79 Å². The number of sulfonamides is 1. The van der Waals surface area contributed by atoms with E-state index in [0.717, 1.165) is 25.9 Å². The van der Waals surface area contributed by atoms with E-state index in [1.807, 2.05) is 4.90 Å². The molecule has 1 saturated heterocycles. The smallest absolute Gasteiger partial charge is 0.259 e. The van der Waals surface area contributed by atoms with Crippen LogP contribution in [0.4, 0.5) is 15.9 Å². The second kappa shape index (κ2) is 8.12. The van der Waals surface area contributed by atoms with Crippen LogP contribution < -0.4 is 14.9 Å². The van der Waals surface area contributed by atoms with Crippen molar-refractivity contribution in [1.82, 2.24) is 9.71 Å². The van der Waals surface area contributed by atoms with Gasteiger partial charge < -0.3 is 10.2 Å². The maximum Gasteiger partial charge on any atom is 0.259 e. The molecule has 1 aromatic carbocycles. The van der Waals surface area contributed by atoms with Gasteiger partial charge in [0.25, 0.3) is 5.91 Å². The Bertz CT molecular complexity index is 1130. The van der Waals surface area contributed by atoms with Gasteiger partial charge in [-0.15, -0.1) is 0 Å². The molecule has 4 rings (SSSR count). The van der Waals surface area contributed by atoms with Crippen molar-refractivity contribution in [2.24, 2.45) is 5.41 Å². The third kappa shape index (κ3) is 5.10. The molecule has 1 aromatic heterocycles. The van der Waals surface area contributed by atoms with Gasteiger partial charge in [-0.25, -0.2) is 18.1 Å². The first-order valence-corrected chi connectivity index (χ1v) is 12.3. The molecule has 2 aliphatic rings. The molecule has 2 fully saturated rings. The zero-order valence-corrected chi connectivity index (χ0v) is 19.4. The van der Waals surface area contributed by atoms with E-state index >= 15 is 0 Å². The summed E-state index contributed by atoms with van der Waals surface area (Å²) in [6, 6.07) is 8.64. The number of pyridine rings is 1. The average molecular weight is 461 g/mol. The number of amides is 1. The van der Waals surface area contributed by atoms with Crippen molar-refractivity contribution < 1.29 is 17.6 Å². The molecule has 1 aliphatic heterocycles. The maximum absolute atomic E-state index is 13.9. The summed E-state index contributed by atoms with van der Waals surface area (Å²) in [6.45, 7) is 6.74. The molecule has 0 atom stereocenters. The zero-order chi connectivity index (χ0) is 23.1. The third-order valence-corrected chi connectivity index (χ3v) is 7.76. The van der Waals surface area contributed by atoms with Crippen molar-refractivity contribution >= 4 is 27.4 Å². The Labute approximate surface area is 188 Å². The molecule has 172 valence electrons. The van der Waals surface area contributed by atoms with E-state index in [1.54, 1.807) is 32.9 Å². The minimum Gasteiger partial charge on any atom is -0.356 e. The second-order valence-electron chi connectivity index (χ2n) is 9.83. The number of piperidine rings is 1. The number of carbonyl (C=O) groups is 1. The summed E-state index contributed by atoms with van der Waals surface area (Å²) >= 11 is 0. The Balaban J connectivity index is 1.55. The van der Waals surface area contributed by atoms with E-state index in [2.05, 4.69) is 15.0 Å². The van der Waals surface area contributed by atoms with E-state index in [4.69, 9.17) is 0 Å². The molecule has 1 spiro atoms. The number of hydrogen-bond acceptors (Lipinski definition) is 5. The number of nitrogens with zero attached hydrogens (tertiary/aromatic N) is 2. The number of carbonyl (C=O) groups excluding carboxylic acids is 1. The first-order chi connectivity index (χ1) is 15.0.